The molecule has 0 aliphatic heterocycles. The maximum absolute atomic E-state index is 11.8. The van der Waals surface area contributed by atoms with Crippen LogP contribution in [-0.4, -0.2) is 44.4 Å². The molecule has 1 rings (SSSR count). The number of benzene rings is 1. The number of carbonyl (C=O) groups is 1. The molecular weight excluding hydrogens is 302 g/mol. The van der Waals surface area contributed by atoms with Crippen molar-refractivity contribution in [1.82, 2.24) is 0 Å². The molecule has 0 amide bonds. The van der Waals surface area contributed by atoms with E-state index in [-0.39, 0.29) is 5.71 Å². The van der Waals surface area contributed by atoms with Gasteiger partial charge in [0.05, 0.1) is 12.7 Å². The van der Waals surface area contributed by atoms with Crippen molar-refractivity contribution in [3.05, 3.63) is 29.8 Å². The molecule has 0 saturated carbocycles. The summed E-state index contributed by atoms with van der Waals surface area (Å²) in [6, 6.07) is 6.75. The molecule has 0 aromatic heterocycles. The molecule has 8 heteroatoms. The second-order valence-corrected chi connectivity index (χ2v) is 4.24. The topological polar surface area (TPSA) is 91.1 Å². The van der Waals surface area contributed by atoms with E-state index in [1.165, 1.54) is 21.3 Å². The van der Waals surface area contributed by atoms with Crippen LogP contribution in [0.1, 0.15) is 19.4 Å². The molecule has 0 heterocycles. The number of oxime groups is 3. The Balaban J connectivity index is 3.15. The van der Waals surface area contributed by atoms with Gasteiger partial charge in [-0.3, -0.25) is 0 Å². The molecule has 0 N–H and O–H groups in total. The minimum Gasteiger partial charge on any atom is -0.464 e. The predicted molar refractivity (Wildman–Crippen MR) is 85.9 cm³/mol. The number of carbonyl (C=O) groups excluding carboxylic acids is 1. The second kappa shape index (κ2) is 9.19. The second-order valence-electron chi connectivity index (χ2n) is 4.24. The lowest BCUT2D eigenvalue weighted by molar-refractivity contribution is -0.132. The van der Waals surface area contributed by atoms with E-state index in [9.17, 15) is 4.79 Å². The number of hydrogen-bond donors (Lipinski definition) is 0. The third-order valence-electron chi connectivity index (χ3n) is 2.74. The Morgan fingerprint density at radius 2 is 1.52 bits per heavy atom. The lowest BCUT2D eigenvalue weighted by Gasteiger charge is -2.08. The third-order valence-corrected chi connectivity index (χ3v) is 2.74. The van der Waals surface area contributed by atoms with Crippen molar-refractivity contribution in [2.45, 2.75) is 13.8 Å². The standard InChI is InChI=1S/C15H19N3O5/c1-10(16-21-4)11(2)17-23-13-9-7-6-8-12(13)14(18-22-5)15(19)20-3/h6-9H,1-5H3/b16-10+,17-11+,18-14-. The summed E-state index contributed by atoms with van der Waals surface area (Å²) in [5, 5.41) is 11.4. The van der Waals surface area contributed by atoms with Crippen molar-refractivity contribution in [2.24, 2.45) is 15.5 Å². The van der Waals surface area contributed by atoms with Crippen molar-refractivity contribution in [2.75, 3.05) is 21.3 Å². The first kappa shape index (κ1) is 18.1. The first-order valence-corrected chi connectivity index (χ1v) is 6.63. The molecule has 0 saturated heterocycles. The maximum atomic E-state index is 11.8. The first-order chi connectivity index (χ1) is 11.0. The minimum absolute atomic E-state index is 0.0271. The average Bonchev–Trinajstić information content (AvgIpc) is 2.57. The fourth-order valence-electron chi connectivity index (χ4n) is 1.51. The summed E-state index contributed by atoms with van der Waals surface area (Å²) in [5.41, 5.74) is 1.44. The summed E-state index contributed by atoms with van der Waals surface area (Å²) in [6.07, 6.45) is 0. The van der Waals surface area contributed by atoms with Crippen molar-refractivity contribution in [3.8, 4) is 5.75 Å². The molecule has 8 nitrogen and oxygen atoms in total. The molecule has 0 unspecified atom stereocenters. The van der Waals surface area contributed by atoms with Gasteiger partial charge in [-0.2, -0.15) is 0 Å². The highest BCUT2D eigenvalue weighted by Gasteiger charge is 2.20. The van der Waals surface area contributed by atoms with Gasteiger partial charge in [0.2, 0.25) is 0 Å². The summed E-state index contributed by atoms with van der Waals surface area (Å²) in [6.45, 7) is 3.44. The fraction of sp³-hybridized carbons (Fsp3) is 0.333. The first-order valence-electron chi connectivity index (χ1n) is 6.63. The van der Waals surface area contributed by atoms with Gasteiger partial charge in [-0.1, -0.05) is 27.6 Å². The molecule has 0 radical (unpaired) electrons. The number of esters is 1. The van der Waals surface area contributed by atoms with Crippen LogP contribution in [-0.2, 0) is 19.2 Å². The number of ether oxygens (including phenoxy) is 1. The highest BCUT2D eigenvalue weighted by atomic mass is 16.6. The maximum Gasteiger partial charge on any atom is 0.360 e. The van der Waals surface area contributed by atoms with E-state index < -0.39 is 5.97 Å². The van der Waals surface area contributed by atoms with E-state index in [1.54, 1.807) is 38.1 Å². The van der Waals surface area contributed by atoms with Crippen LogP contribution in [0.5, 0.6) is 5.75 Å². The molecular formula is C15H19N3O5. The smallest absolute Gasteiger partial charge is 0.360 e. The Bertz CT molecular complexity index is 638. The minimum atomic E-state index is -0.652. The van der Waals surface area contributed by atoms with E-state index in [1.807, 2.05) is 0 Å². The zero-order valence-corrected chi connectivity index (χ0v) is 13.7. The van der Waals surface area contributed by atoms with Crippen LogP contribution < -0.4 is 4.84 Å². The Kier molecular flexibility index (Phi) is 7.25. The molecule has 124 valence electrons. The monoisotopic (exact) mass is 321 g/mol. The molecule has 23 heavy (non-hydrogen) atoms. The van der Waals surface area contributed by atoms with Crippen LogP contribution in [0.15, 0.2) is 39.7 Å². The van der Waals surface area contributed by atoms with Crippen molar-refractivity contribution < 1.29 is 24.0 Å². The Hall–Kier alpha value is -2.90. The lowest BCUT2D eigenvalue weighted by Crippen LogP contribution is -2.18. The van der Waals surface area contributed by atoms with Gasteiger partial charge in [0.25, 0.3) is 0 Å². The summed E-state index contributed by atoms with van der Waals surface area (Å²) in [4.78, 5) is 26.6. The normalized spacial score (nSPS) is 12.7. The molecule has 0 fully saturated rings. The molecule has 0 aliphatic carbocycles. The lowest BCUT2D eigenvalue weighted by atomic mass is 10.1. The van der Waals surface area contributed by atoms with Crippen LogP contribution in [0.2, 0.25) is 0 Å². The molecule has 1 aromatic carbocycles. The number of rotatable bonds is 7. The van der Waals surface area contributed by atoms with Crippen LogP contribution >= 0.6 is 0 Å². The summed E-state index contributed by atoms with van der Waals surface area (Å²) in [5.74, 6) is -0.334. The zero-order valence-electron chi connectivity index (χ0n) is 13.7. The zero-order chi connectivity index (χ0) is 17.2. The number of para-hydroxylation sites is 1. The molecule has 1 aromatic rings. The van der Waals surface area contributed by atoms with Crippen molar-refractivity contribution >= 4 is 23.1 Å². The fourth-order valence-corrected chi connectivity index (χ4v) is 1.51. The Labute approximate surface area is 134 Å². The van der Waals surface area contributed by atoms with Gasteiger partial charge in [0.15, 0.2) is 11.5 Å². The number of hydrogen-bond acceptors (Lipinski definition) is 8. The van der Waals surface area contributed by atoms with Gasteiger partial charge in [-0.05, 0) is 26.0 Å². The predicted octanol–water partition coefficient (Wildman–Crippen LogP) is 1.99. The highest BCUT2D eigenvalue weighted by Crippen LogP contribution is 2.20. The van der Waals surface area contributed by atoms with Crippen LogP contribution in [0.25, 0.3) is 0 Å². The van der Waals surface area contributed by atoms with E-state index >= 15 is 0 Å². The highest BCUT2D eigenvalue weighted by molar-refractivity contribution is 6.43. The van der Waals surface area contributed by atoms with Crippen LogP contribution in [0, 0.1) is 0 Å². The van der Waals surface area contributed by atoms with E-state index in [4.69, 9.17) is 14.4 Å². The van der Waals surface area contributed by atoms with Gasteiger partial charge in [0, 0.05) is 0 Å². The van der Waals surface area contributed by atoms with Crippen LogP contribution in [0.4, 0.5) is 0 Å². The molecule has 0 bridgehead atoms. The molecule has 0 aliphatic rings. The third kappa shape index (κ3) is 5.10. The van der Waals surface area contributed by atoms with Crippen LogP contribution in [0.3, 0.4) is 0 Å². The largest absolute Gasteiger partial charge is 0.464 e. The summed E-state index contributed by atoms with van der Waals surface area (Å²) >= 11 is 0. The molecule has 0 atom stereocenters. The summed E-state index contributed by atoms with van der Waals surface area (Å²) < 4.78 is 4.69. The van der Waals surface area contributed by atoms with Crippen molar-refractivity contribution in [1.29, 1.82) is 0 Å². The van der Waals surface area contributed by atoms with E-state index in [2.05, 4.69) is 20.3 Å². The van der Waals surface area contributed by atoms with Crippen molar-refractivity contribution in [3.63, 3.8) is 0 Å². The SMILES string of the molecule is CO/N=C(\C(=O)OC)c1ccccc1O/N=C(C)/C(C)=N/OC. The summed E-state index contributed by atoms with van der Waals surface area (Å²) in [7, 11) is 4.03. The van der Waals surface area contributed by atoms with Gasteiger partial charge < -0.3 is 19.2 Å². The van der Waals surface area contributed by atoms with E-state index in [0.717, 1.165) is 0 Å². The molecule has 0 spiro atoms. The van der Waals surface area contributed by atoms with E-state index in [0.29, 0.717) is 22.7 Å². The Morgan fingerprint density at radius 3 is 2.13 bits per heavy atom. The number of methoxy groups -OCH3 is 1. The van der Waals surface area contributed by atoms with Gasteiger partial charge >= 0.3 is 5.97 Å². The van der Waals surface area contributed by atoms with Gasteiger partial charge in [-0.15, -0.1) is 0 Å². The number of nitrogens with zero attached hydrogens (tertiary/aromatic N) is 3. The quantitative estimate of drug-likeness (QED) is 0.435. The Morgan fingerprint density at radius 1 is 0.913 bits per heavy atom. The average molecular weight is 321 g/mol. The van der Waals surface area contributed by atoms with Gasteiger partial charge in [-0.25, -0.2) is 4.79 Å². The van der Waals surface area contributed by atoms with Gasteiger partial charge in [0.1, 0.15) is 25.6 Å².